The van der Waals surface area contributed by atoms with Crippen LogP contribution in [0.1, 0.15) is 5.56 Å². The summed E-state index contributed by atoms with van der Waals surface area (Å²) in [5.41, 5.74) is -0.292. The molecular formula is C7H5F4NO. The van der Waals surface area contributed by atoms with Gasteiger partial charge in [-0.1, -0.05) is 0 Å². The van der Waals surface area contributed by atoms with E-state index in [1.807, 2.05) is 0 Å². The van der Waals surface area contributed by atoms with Crippen molar-refractivity contribution in [3.63, 3.8) is 0 Å². The van der Waals surface area contributed by atoms with Crippen LogP contribution < -0.4 is 5.48 Å². The molecule has 0 aliphatic heterocycles. The fourth-order valence-electron chi connectivity index (χ4n) is 0.787. The van der Waals surface area contributed by atoms with E-state index >= 15 is 0 Å². The summed E-state index contributed by atoms with van der Waals surface area (Å²) < 4.78 is 48.6. The molecule has 0 saturated carbocycles. The molecule has 0 heterocycles. The van der Waals surface area contributed by atoms with Gasteiger partial charge < -0.3 is 0 Å². The monoisotopic (exact) mass is 195 g/mol. The van der Waals surface area contributed by atoms with Crippen molar-refractivity contribution in [3.8, 4) is 0 Å². The van der Waals surface area contributed by atoms with E-state index < -0.39 is 23.2 Å². The molecule has 0 amide bonds. The number of nitrogens with one attached hydrogen (secondary N) is 1. The van der Waals surface area contributed by atoms with E-state index in [0.717, 1.165) is 0 Å². The van der Waals surface area contributed by atoms with Crippen LogP contribution in [-0.4, -0.2) is 5.21 Å². The van der Waals surface area contributed by atoms with Gasteiger partial charge in [0, 0.05) is 0 Å². The first-order chi connectivity index (χ1) is 5.95. The summed E-state index contributed by atoms with van der Waals surface area (Å²) in [5.74, 6) is -0.949. The Balaban J connectivity index is 3.14. The third-order valence-corrected chi connectivity index (χ3v) is 1.41. The minimum atomic E-state index is -4.54. The first-order valence-corrected chi connectivity index (χ1v) is 3.22. The van der Waals surface area contributed by atoms with Crippen LogP contribution in [0.15, 0.2) is 18.2 Å². The highest BCUT2D eigenvalue weighted by Crippen LogP contribution is 2.31. The topological polar surface area (TPSA) is 32.3 Å². The highest BCUT2D eigenvalue weighted by molar-refractivity contribution is 5.45. The second-order valence-electron chi connectivity index (χ2n) is 2.30. The van der Waals surface area contributed by atoms with Crippen LogP contribution in [0.3, 0.4) is 0 Å². The van der Waals surface area contributed by atoms with Crippen LogP contribution in [-0.2, 0) is 6.18 Å². The fourth-order valence-corrected chi connectivity index (χ4v) is 0.787. The van der Waals surface area contributed by atoms with Gasteiger partial charge in [-0.25, -0.2) is 4.39 Å². The zero-order chi connectivity index (χ0) is 10.1. The number of rotatable bonds is 1. The van der Waals surface area contributed by atoms with Gasteiger partial charge in [-0.15, -0.1) is 0 Å². The van der Waals surface area contributed by atoms with E-state index in [2.05, 4.69) is 0 Å². The molecule has 0 spiro atoms. The van der Waals surface area contributed by atoms with Crippen molar-refractivity contribution in [3.05, 3.63) is 29.6 Å². The zero-order valence-corrected chi connectivity index (χ0v) is 6.19. The predicted octanol–water partition coefficient (Wildman–Crippen LogP) is 2.65. The van der Waals surface area contributed by atoms with Crippen LogP contribution >= 0.6 is 0 Å². The molecule has 0 bridgehead atoms. The maximum atomic E-state index is 12.6. The lowest BCUT2D eigenvalue weighted by atomic mass is 10.2. The van der Waals surface area contributed by atoms with Crippen molar-refractivity contribution < 1.29 is 22.8 Å². The summed E-state index contributed by atoms with van der Waals surface area (Å²) in [6.07, 6.45) is -4.54. The molecule has 0 aliphatic rings. The highest BCUT2D eigenvalue weighted by atomic mass is 19.4. The Morgan fingerprint density at radius 2 is 1.85 bits per heavy atom. The molecule has 0 fully saturated rings. The molecule has 0 radical (unpaired) electrons. The Bertz CT molecular complexity index is 310. The molecule has 72 valence electrons. The number of hydrogen-bond donors (Lipinski definition) is 2. The van der Waals surface area contributed by atoms with Gasteiger partial charge in [-0.2, -0.15) is 13.2 Å². The number of anilines is 1. The summed E-state index contributed by atoms with van der Waals surface area (Å²) in [4.78, 5) is 0. The maximum absolute atomic E-state index is 12.6. The fraction of sp³-hybridized carbons (Fsp3) is 0.143. The van der Waals surface area contributed by atoms with Gasteiger partial charge in [-0.3, -0.25) is 10.7 Å². The molecule has 1 aromatic rings. The molecule has 6 heteroatoms. The Kier molecular flexibility index (Phi) is 2.42. The van der Waals surface area contributed by atoms with Crippen molar-refractivity contribution in [2.24, 2.45) is 0 Å². The molecule has 2 nitrogen and oxygen atoms in total. The largest absolute Gasteiger partial charge is 0.416 e. The number of benzene rings is 1. The molecule has 0 aliphatic carbocycles. The van der Waals surface area contributed by atoms with Gasteiger partial charge in [-0.05, 0) is 18.2 Å². The van der Waals surface area contributed by atoms with Crippen LogP contribution in [0.2, 0.25) is 0 Å². The molecular weight excluding hydrogens is 190 g/mol. The summed E-state index contributed by atoms with van der Waals surface area (Å²) in [6, 6.07) is 1.70. The number of halogens is 4. The minimum Gasteiger partial charge on any atom is -0.291 e. The summed E-state index contributed by atoms with van der Waals surface area (Å²) >= 11 is 0. The van der Waals surface area contributed by atoms with E-state index in [4.69, 9.17) is 5.21 Å². The van der Waals surface area contributed by atoms with E-state index in [1.54, 1.807) is 0 Å². The molecule has 2 N–H and O–H groups in total. The Hall–Kier alpha value is -1.30. The first kappa shape index (κ1) is 9.79. The summed E-state index contributed by atoms with van der Waals surface area (Å²) in [5, 5.41) is 8.25. The Morgan fingerprint density at radius 1 is 1.23 bits per heavy atom. The lowest BCUT2D eigenvalue weighted by Crippen LogP contribution is -2.06. The van der Waals surface area contributed by atoms with E-state index in [0.29, 0.717) is 18.2 Å². The third kappa shape index (κ3) is 2.09. The SMILES string of the molecule is ONc1cc(C(F)(F)F)ccc1F. The molecule has 13 heavy (non-hydrogen) atoms. The molecule has 0 aromatic heterocycles. The third-order valence-electron chi connectivity index (χ3n) is 1.41. The van der Waals surface area contributed by atoms with Crippen LogP contribution in [0.5, 0.6) is 0 Å². The van der Waals surface area contributed by atoms with Crippen molar-refractivity contribution in [2.75, 3.05) is 5.48 Å². The smallest absolute Gasteiger partial charge is 0.291 e. The van der Waals surface area contributed by atoms with E-state index in [9.17, 15) is 17.6 Å². The van der Waals surface area contributed by atoms with Crippen molar-refractivity contribution in [2.45, 2.75) is 6.18 Å². The van der Waals surface area contributed by atoms with Gasteiger partial charge in [0.1, 0.15) is 5.82 Å². The van der Waals surface area contributed by atoms with Crippen molar-refractivity contribution in [1.82, 2.24) is 0 Å². The standard InChI is InChI=1S/C7H5F4NO/c8-5-2-1-4(7(9,10)11)3-6(5)12-13/h1-3,12-13H. The van der Waals surface area contributed by atoms with Crippen LogP contribution in [0.4, 0.5) is 23.2 Å². The van der Waals surface area contributed by atoms with Gasteiger partial charge in [0.15, 0.2) is 0 Å². The number of hydrogen-bond acceptors (Lipinski definition) is 2. The molecule has 1 rings (SSSR count). The van der Waals surface area contributed by atoms with Crippen molar-refractivity contribution >= 4 is 5.69 Å². The Morgan fingerprint density at radius 3 is 2.31 bits per heavy atom. The zero-order valence-electron chi connectivity index (χ0n) is 6.19. The van der Waals surface area contributed by atoms with Crippen LogP contribution in [0.25, 0.3) is 0 Å². The maximum Gasteiger partial charge on any atom is 0.416 e. The predicted molar refractivity (Wildman–Crippen MR) is 36.8 cm³/mol. The van der Waals surface area contributed by atoms with Gasteiger partial charge >= 0.3 is 6.18 Å². The van der Waals surface area contributed by atoms with Gasteiger partial charge in [0.05, 0.1) is 11.3 Å². The lowest BCUT2D eigenvalue weighted by molar-refractivity contribution is -0.137. The second kappa shape index (κ2) is 3.21. The second-order valence-corrected chi connectivity index (χ2v) is 2.30. The average molecular weight is 195 g/mol. The summed E-state index contributed by atoms with van der Waals surface area (Å²) in [7, 11) is 0. The van der Waals surface area contributed by atoms with Gasteiger partial charge in [0.25, 0.3) is 0 Å². The van der Waals surface area contributed by atoms with Crippen LogP contribution in [0, 0.1) is 5.82 Å². The lowest BCUT2D eigenvalue weighted by Gasteiger charge is -2.08. The molecule has 0 atom stereocenters. The average Bonchev–Trinajstić information content (AvgIpc) is 2.03. The highest BCUT2D eigenvalue weighted by Gasteiger charge is 2.31. The Labute approximate surface area is 70.8 Å². The molecule has 1 aromatic carbocycles. The van der Waals surface area contributed by atoms with Crippen molar-refractivity contribution in [1.29, 1.82) is 0 Å². The minimum absolute atomic E-state index is 0.481. The number of alkyl halides is 3. The molecule has 0 unspecified atom stereocenters. The molecule has 0 saturated heterocycles. The van der Waals surface area contributed by atoms with E-state index in [-0.39, 0.29) is 0 Å². The summed E-state index contributed by atoms with van der Waals surface area (Å²) in [6.45, 7) is 0. The van der Waals surface area contributed by atoms with Gasteiger partial charge in [0.2, 0.25) is 0 Å². The normalized spacial score (nSPS) is 11.5. The quantitative estimate of drug-likeness (QED) is 0.533. The van der Waals surface area contributed by atoms with E-state index in [1.165, 1.54) is 5.48 Å². The first-order valence-electron chi connectivity index (χ1n) is 3.22.